The second kappa shape index (κ2) is 8.41. The van der Waals surface area contributed by atoms with Gasteiger partial charge < -0.3 is 9.80 Å². The highest BCUT2D eigenvalue weighted by Crippen LogP contribution is 2.35. The lowest BCUT2D eigenvalue weighted by Gasteiger charge is -2.31. The molecular weight excluding hydrogens is 438 g/mol. The molecule has 0 saturated carbocycles. The van der Waals surface area contributed by atoms with Gasteiger partial charge in [-0.05, 0) is 42.7 Å². The number of rotatable bonds is 2. The first-order chi connectivity index (χ1) is 15.8. The molecule has 0 bridgehead atoms. The van der Waals surface area contributed by atoms with Gasteiger partial charge in [0.05, 0.1) is 12.2 Å². The summed E-state index contributed by atoms with van der Waals surface area (Å²) in [7, 11) is 0. The molecule has 0 spiro atoms. The standard InChI is InChI=1S/C24H28ClN7O/c1-24(2,3)22(33)31-14-17-13-18(25)5-6-19(17)32-20(15-31)28-29-21(32)16-7-11-30(12-8-16)23-26-9-4-10-27-23/h4-6,9-10,13,16H,7-8,11-12,14-15H2,1-3H3. The van der Waals surface area contributed by atoms with Gasteiger partial charge in [-0.1, -0.05) is 32.4 Å². The summed E-state index contributed by atoms with van der Waals surface area (Å²) in [6.07, 6.45) is 5.42. The fourth-order valence-corrected chi connectivity index (χ4v) is 4.90. The quantitative estimate of drug-likeness (QED) is 0.569. The molecule has 1 fully saturated rings. The molecule has 9 heteroatoms. The van der Waals surface area contributed by atoms with E-state index in [0.29, 0.717) is 18.1 Å². The Bertz CT molecular complexity index is 1160. The van der Waals surface area contributed by atoms with Gasteiger partial charge in [0.15, 0.2) is 5.82 Å². The summed E-state index contributed by atoms with van der Waals surface area (Å²) in [5.74, 6) is 2.86. The van der Waals surface area contributed by atoms with E-state index in [1.807, 2.05) is 49.9 Å². The number of aromatic nitrogens is 5. The normalized spacial score (nSPS) is 16.8. The van der Waals surface area contributed by atoms with Crippen LogP contribution in [-0.4, -0.2) is 48.6 Å². The number of hydrogen-bond acceptors (Lipinski definition) is 6. The van der Waals surface area contributed by atoms with Crippen LogP contribution in [0.2, 0.25) is 5.02 Å². The Kier molecular flexibility index (Phi) is 5.56. The number of fused-ring (bicyclic) bond motifs is 3. The number of anilines is 1. The number of piperidine rings is 1. The molecule has 0 atom stereocenters. The third-order valence-electron chi connectivity index (χ3n) is 6.35. The molecule has 1 amide bonds. The van der Waals surface area contributed by atoms with Crippen molar-refractivity contribution in [2.75, 3.05) is 18.0 Å². The number of carbonyl (C=O) groups excluding carboxylic acids is 1. The summed E-state index contributed by atoms with van der Waals surface area (Å²) in [6.45, 7) is 8.47. The molecule has 0 N–H and O–H groups in total. The number of hydrogen-bond donors (Lipinski definition) is 0. The number of benzene rings is 1. The van der Waals surface area contributed by atoms with Crippen molar-refractivity contribution in [3.63, 3.8) is 0 Å². The molecule has 33 heavy (non-hydrogen) atoms. The zero-order valence-electron chi connectivity index (χ0n) is 19.2. The SMILES string of the molecule is CC(C)(C)C(=O)N1Cc2cc(Cl)ccc2-n2c(nnc2C2CCN(c3ncccn3)CC2)C1. The minimum atomic E-state index is -0.483. The number of carbonyl (C=O) groups is 1. The van der Waals surface area contributed by atoms with E-state index >= 15 is 0 Å². The minimum absolute atomic E-state index is 0.0857. The molecule has 1 aromatic carbocycles. The van der Waals surface area contributed by atoms with Gasteiger partial charge in [-0.3, -0.25) is 9.36 Å². The lowest BCUT2D eigenvalue weighted by atomic mass is 9.94. The maximum Gasteiger partial charge on any atom is 0.228 e. The summed E-state index contributed by atoms with van der Waals surface area (Å²) in [4.78, 5) is 26.0. The summed E-state index contributed by atoms with van der Waals surface area (Å²) < 4.78 is 2.15. The van der Waals surface area contributed by atoms with Crippen LogP contribution >= 0.6 is 11.6 Å². The van der Waals surface area contributed by atoms with Gasteiger partial charge in [-0.25, -0.2) is 9.97 Å². The van der Waals surface area contributed by atoms with Crippen LogP contribution in [-0.2, 0) is 17.9 Å². The summed E-state index contributed by atoms with van der Waals surface area (Å²) >= 11 is 6.35. The lowest BCUT2D eigenvalue weighted by Crippen LogP contribution is -2.38. The number of amides is 1. The van der Waals surface area contributed by atoms with E-state index < -0.39 is 5.41 Å². The van der Waals surface area contributed by atoms with Crippen LogP contribution in [0.4, 0.5) is 5.95 Å². The zero-order valence-corrected chi connectivity index (χ0v) is 20.0. The lowest BCUT2D eigenvalue weighted by molar-refractivity contribution is -0.140. The molecule has 2 aromatic heterocycles. The number of halogens is 1. The van der Waals surface area contributed by atoms with Crippen molar-refractivity contribution in [1.82, 2.24) is 29.6 Å². The van der Waals surface area contributed by atoms with Gasteiger partial charge in [0.1, 0.15) is 5.82 Å². The molecule has 8 nitrogen and oxygen atoms in total. The van der Waals surface area contributed by atoms with Crippen molar-refractivity contribution in [2.24, 2.45) is 5.41 Å². The van der Waals surface area contributed by atoms with Gasteiger partial charge in [0.2, 0.25) is 11.9 Å². The Morgan fingerprint density at radius 2 is 1.79 bits per heavy atom. The Balaban J connectivity index is 1.47. The molecule has 4 heterocycles. The van der Waals surface area contributed by atoms with Gasteiger partial charge in [0, 0.05) is 48.4 Å². The summed E-state index contributed by atoms with van der Waals surface area (Å²) in [5, 5.41) is 9.84. The molecule has 1 saturated heterocycles. The number of nitrogens with zero attached hydrogens (tertiary/aromatic N) is 7. The first-order valence-corrected chi connectivity index (χ1v) is 11.7. The molecule has 2 aliphatic rings. The molecule has 0 aliphatic carbocycles. The maximum atomic E-state index is 13.2. The average molecular weight is 466 g/mol. The maximum absolute atomic E-state index is 13.2. The van der Waals surface area contributed by atoms with Crippen molar-refractivity contribution in [3.05, 3.63) is 58.9 Å². The Hall–Kier alpha value is -3.00. The van der Waals surface area contributed by atoms with Gasteiger partial charge >= 0.3 is 0 Å². The highest BCUT2D eigenvalue weighted by molar-refractivity contribution is 6.30. The van der Waals surface area contributed by atoms with Crippen molar-refractivity contribution < 1.29 is 4.79 Å². The predicted molar refractivity (Wildman–Crippen MR) is 126 cm³/mol. The molecule has 0 unspecified atom stereocenters. The van der Waals surface area contributed by atoms with Crippen molar-refractivity contribution in [3.8, 4) is 5.69 Å². The van der Waals surface area contributed by atoms with Crippen LogP contribution in [0.5, 0.6) is 0 Å². The second-order valence-electron chi connectivity index (χ2n) is 9.80. The van der Waals surface area contributed by atoms with Gasteiger partial charge in [-0.2, -0.15) is 0 Å². The van der Waals surface area contributed by atoms with Crippen molar-refractivity contribution in [1.29, 1.82) is 0 Å². The van der Waals surface area contributed by atoms with E-state index in [2.05, 4.69) is 29.6 Å². The highest BCUT2D eigenvalue weighted by Gasteiger charge is 2.34. The molecular formula is C24H28ClN7O. The van der Waals surface area contributed by atoms with Crippen LogP contribution in [0.3, 0.4) is 0 Å². The molecule has 0 radical (unpaired) electrons. The smallest absolute Gasteiger partial charge is 0.228 e. The van der Waals surface area contributed by atoms with Crippen molar-refractivity contribution >= 4 is 23.5 Å². The van der Waals surface area contributed by atoms with Gasteiger partial charge in [-0.15, -0.1) is 10.2 Å². The highest BCUT2D eigenvalue weighted by atomic mass is 35.5. The fourth-order valence-electron chi connectivity index (χ4n) is 4.70. The van der Waals surface area contributed by atoms with E-state index in [1.165, 1.54) is 0 Å². The monoisotopic (exact) mass is 465 g/mol. The van der Waals surface area contributed by atoms with E-state index in [1.54, 1.807) is 12.4 Å². The average Bonchev–Trinajstić information content (AvgIpc) is 3.14. The predicted octanol–water partition coefficient (Wildman–Crippen LogP) is 3.98. The Labute approximate surface area is 198 Å². The Morgan fingerprint density at radius 3 is 2.48 bits per heavy atom. The Morgan fingerprint density at radius 1 is 1.06 bits per heavy atom. The third-order valence-corrected chi connectivity index (χ3v) is 6.59. The van der Waals surface area contributed by atoms with Crippen LogP contribution in [0.25, 0.3) is 5.69 Å². The molecule has 2 aliphatic heterocycles. The molecule has 5 rings (SSSR count). The first-order valence-electron chi connectivity index (χ1n) is 11.4. The third kappa shape index (κ3) is 4.19. The van der Waals surface area contributed by atoms with E-state index in [9.17, 15) is 4.79 Å². The van der Waals surface area contributed by atoms with E-state index in [0.717, 1.165) is 54.8 Å². The van der Waals surface area contributed by atoms with Crippen molar-refractivity contribution in [2.45, 2.75) is 52.6 Å². The van der Waals surface area contributed by atoms with Crippen LogP contribution in [0.15, 0.2) is 36.7 Å². The second-order valence-corrected chi connectivity index (χ2v) is 10.2. The molecule has 3 aromatic rings. The molecule has 172 valence electrons. The summed E-state index contributed by atoms with van der Waals surface area (Å²) in [5.41, 5.74) is 1.53. The first kappa shape index (κ1) is 21.8. The largest absolute Gasteiger partial charge is 0.341 e. The van der Waals surface area contributed by atoms with E-state index in [-0.39, 0.29) is 11.8 Å². The fraction of sp³-hybridized carbons (Fsp3) is 0.458. The minimum Gasteiger partial charge on any atom is -0.341 e. The summed E-state index contributed by atoms with van der Waals surface area (Å²) in [6, 6.07) is 7.70. The topological polar surface area (TPSA) is 80.0 Å². The van der Waals surface area contributed by atoms with Crippen LogP contribution in [0, 0.1) is 5.41 Å². The zero-order chi connectivity index (χ0) is 23.2. The van der Waals surface area contributed by atoms with Crippen LogP contribution in [0.1, 0.15) is 56.7 Å². The van der Waals surface area contributed by atoms with Gasteiger partial charge in [0.25, 0.3) is 0 Å². The van der Waals surface area contributed by atoms with Crippen LogP contribution < -0.4 is 4.90 Å². The van der Waals surface area contributed by atoms with E-state index in [4.69, 9.17) is 11.6 Å².